The molecular weight excluding hydrogens is 397 g/mol. The third kappa shape index (κ3) is 3.74. The SMILES string of the molecule is CN(Cc1ccccc1F)C(=O)CN1C(=O)NC(C)(c2ccc3ccccc3c2)C1=O. The highest BCUT2D eigenvalue weighted by atomic mass is 19.1. The Labute approximate surface area is 179 Å². The summed E-state index contributed by atoms with van der Waals surface area (Å²) >= 11 is 0. The van der Waals surface area contributed by atoms with Crippen LogP contribution in [0, 0.1) is 5.82 Å². The van der Waals surface area contributed by atoms with E-state index in [-0.39, 0.29) is 6.54 Å². The molecule has 1 saturated heterocycles. The number of rotatable bonds is 5. The van der Waals surface area contributed by atoms with Crippen molar-refractivity contribution in [2.45, 2.75) is 19.0 Å². The molecule has 31 heavy (non-hydrogen) atoms. The molecule has 4 amide bonds. The van der Waals surface area contributed by atoms with Crippen LogP contribution in [0.1, 0.15) is 18.1 Å². The maximum Gasteiger partial charge on any atom is 0.325 e. The van der Waals surface area contributed by atoms with Gasteiger partial charge in [-0.3, -0.25) is 14.5 Å². The van der Waals surface area contributed by atoms with Crippen LogP contribution in [0.2, 0.25) is 0 Å². The average Bonchev–Trinajstić information content (AvgIpc) is 2.98. The molecule has 1 heterocycles. The zero-order valence-electron chi connectivity index (χ0n) is 17.3. The number of benzene rings is 3. The van der Waals surface area contributed by atoms with Gasteiger partial charge in [-0.2, -0.15) is 0 Å². The number of hydrogen-bond acceptors (Lipinski definition) is 3. The first-order valence-electron chi connectivity index (χ1n) is 9.90. The molecule has 0 aromatic heterocycles. The summed E-state index contributed by atoms with van der Waals surface area (Å²) in [5, 5.41) is 4.69. The first-order valence-corrected chi connectivity index (χ1v) is 9.90. The monoisotopic (exact) mass is 419 g/mol. The zero-order chi connectivity index (χ0) is 22.2. The highest BCUT2D eigenvalue weighted by Crippen LogP contribution is 2.31. The van der Waals surface area contributed by atoms with Crippen molar-refractivity contribution in [2.75, 3.05) is 13.6 Å². The minimum Gasteiger partial charge on any atom is -0.340 e. The fourth-order valence-corrected chi connectivity index (χ4v) is 3.76. The van der Waals surface area contributed by atoms with Crippen LogP contribution in [0.5, 0.6) is 0 Å². The summed E-state index contributed by atoms with van der Waals surface area (Å²) in [6, 6.07) is 18.8. The van der Waals surface area contributed by atoms with E-state index in [0.717, 1.165) is 15.7 Å². The summed E-state index contributed by atoms with van der Waals surface area (Å²) in [6.07, 6.45) is 0. The van der Waals surface area contributed by atoms with Gasteiger partial charge in [-0.25, -0.2) is 9.18 Å². The van der Waals surface area contributed by atoms with Crippen molar-refractivity contribution in [2.24, 2.45) is 0 Å². The van der Waals surface area contributed by atoms with Crippen LogP contribution in [0.4, 0.5) is 9.18 Å². The van der Waals surface area contributed by atoms with Gasteiger partial charge < -0.3 is 10.2 Å². The quantitative estimate of drug-likeness (QED) is 0.645. The van der Waals surface area contributed by atoms with Crippen molar-refractivity contribution < 1.29 is 18.8 Å². The van der Waals surface area contributed by atoms with Gasteiger partial charge in [0, 0.05) is 19.2 Å². The second-order valence-electron chi connectivity index (χ2n) is 7.85. The fraction of sp³-hybridized carbons (Fsp3) is 0.208. The van der Waals surface area contributed by atoms with Crippen LogP contribution in [0.25, 0.3) is 10.8 Å². The molecule has 158 valence electrons. The van der Waals surface area contributed by atoms with Crippen molar-refractivity contribution in [1.29, 1.82) is 0 Å². The van der Waals surface area contributed by atoms with E-state index in [1.807, 2.05) is 36.4 Å². The molecule has 3 aromatic rings. The van der Waals surface area contributed by atoms with Crippen molar-refractivity contribution in [3.63, 3.8) is 0 Å². The van der Waals surface area contributed by atoms with Crippen LogP contribution in [-0.2, 0) is 21.7 Å². The molecule has 0 bridgehead atoms. The predicted octanol–water partition coefficient (Wildman–Crippen LogP) is 3.40. The van der Waals surface area contributed by atoms with E-state index in [1.165, 1.54) is 18.0 Å². The molecule has 1 unspecified atom stereocenters. The largest absolute Gasteiger partial charge is 0.340 e. The first-order chi connectivity index (χ1) is 14.8. The normalized spacial score (nSPS) is 18.4. The summed E-state index contributed by atoms with van der Waals surface area (Å²) in [6.45, 7) is 1.25. The number of amides is 4. The molecule has 0 spiro atoms. The molecule has 1 aliphatic heterocycles. The molecule has 1 N–H and O–H groups in total. The zero-order valence-corrected chi connectivity index (χ0v) is 17.3. The third-order valence-corrected chi connectivity index (χ3v) is 5.69. The van der Waals surface area contributed by atoms with Gasteiger partial charge in [-0.05, 0) is 35.4 Å². The summed E-state index contributed by atoms with van der Waals surface area (Å²) in [5.41, 5.74) is -0.276. The van der Waals surface area contributed by atoms with Gasteiger partial charge in [0.15, 0.2) is 0 Å². The Kier molecular flexibility index (Phi) is 5.19. The molecule has 6 nitrogen and oxygen atoms in total. The van der Waals surface area contributed by atoms with Crippen molar-refractivity contribution in [1.82, 2.24) is 15.1 Å². The number of carbonyl (C=O) groups is 3. The maximum absolute atomic E-state index is 13.9. The number of imide groups is 1. The summed E-state index contributed by atoms with van der Waals surface area (Å²) in [7, 11) is 1.51. The number of carbonyl (C=O) groups excluding carboxylic acids is 3. The van der Waals surface area contributed by atoms with Gasteiger partial charge in [0.25, 0.3) is 5.91 Å². The lowest BCUT2D eigenvalue weighted by Crippen LogP contribution is -2.43. The highest BCUT2D eigenvalue weighted by molar-refractivity contribution is 6.09. The number of nitrogens with one attached hydrogen (secondary N) is 1. The molecule has 0 radical (unpaired) electrons. The topological polar surface area (TPSA) is 69.7 Å². The number of hydrogen-bond donors (Lipinski definition) is 1. The van der Waals surface area contributed by atoms with Crippen molar-refractivity contribution in [3.8, 4) is 0 Å². The molecule has 1 atom stereocenters. The summed E-state index contributed by atoms with van der Waals surface area (Å²) in [5.74, 6) is -1.38. The third-order valence-electron chi connectivity index (χ3n) is 5.69. The molecule has 1 fully saturated rings. The molecule has 1 aliphatic rings. The van der Waals surface area contributed by atoms with E-state index < -0.39 is 35.7 Å². The Morgan fingerprint density at radius 1 is 1.03 bits per heavy atom. The van der Waals surface area contributed by atoms with E-state index >= 15 is 0 Å². The van der Waals surface area contributed by atoms with Crippen LogP contribution < -0.4 is 5.32 Å². The van der Waals surface area contributed by atoms with E-state index in [4.69, 9.17) is 0 Å². The van der Waals surface area contributed by atoms with Gasteiger partial charge in [0.1, 0.15) is 17.9 Å². The smallest absolute Gasteiger partial charge is 0.325 e. The van der Waals surface area contributed by atoms with Gasteiger partial charge in [-0.1, -0.05) is 54.6 Å². The Morgan fingerprint density at radius 3 is 2.45 bits per heavy atom. The molecule has 4 rings (SSSR count). The van der Waals surface area contributed by atoms with E-state index in [0.29, 0.717) is 11.1 Å². The molecule has 0 aliphatic carbocycles. The molecular formula is C24H22FN3O3. The Bertz CT molecular complexity index is 1200. The summed E-state index contributed by atoms with van der Waals surface area (Å²) in [4.78, 5) is 40.6. The number of halogens is 1. The van der Waals surface area contributed by atoms with E-state index in [1.54, 1.807) is 31.2 Å². The van der Waals surface area contributed by atoms with Gasteiger partial charge >= 0.3 is 6.03 Å². The lowest BCUT2D eigenvalue weighted by atomic mass is 9.90. The van der Waals surface area contributed by atoms with Crippen molar-refractivity contribution >= 4 is 28.6 Å². The number of fused-ring (bicyclic) bond motifs is 1. The molecule has 3 aromatic carbocycles. The van der Waals surface area contributed by atoms with Gasteiger partial charge in [-0.15, -0.1) is 0 Å². The van der Waals surface area contributed by atoms with Crippen LogP contribution >= 0.6 is 0 Å². The number of nitrogens with zero attached hydrogens (tertiary/aromatic N) is 2. The Morgan fingerprint density at radius 2 is 1.71 bits per heavy atom. The second kappa shape index (κ2) is 7.83. The van der Waals surface area contributed by atoms with Crippen LogP contribution in [0.15, 0.2) is 66.7 Å². The standard InChI is InChI=1S/C24H22FN3O3/c1-24(19-12-11-16-7-3-4-8-17(16)13-19)22(30)28(23(31)26-24)15-21(29)27(2)14-18-9-5-6-10-20(18)25/h3-13H,14-15H2,1-2H3,(H,26,31). The highest BCUT2D eigenvalue weighted by Gasteiger charge is 2.49. The fourth-order valence-electron chi connectivity index (χ4n) is 3.76. The van der Waals surface area contributed by atoms with Gasteiger partial charge in [0.2, 0.25) is 5.91 Å². The number of urea groups is 1. The van der Waals surface area contributed by atoms with E-state index in [2.05, 4.69) is 5.32 Å². The molecule has 7 heteroatoms. The van der Waals surface area contributed by atoms with E-state index in [9.17, 15) is 18.8 Å². The predicted molar refractivity (Wildman–Crippen MR) is 114 cm³/mol. The maximum atomic E-state index is 13.9. The van der Waals surface area contributed by atoms with Gasteiger partial charge in [0.05, 0.1) is 0 Å². The Hall–Kier alpha value is -3.74. The summed E-state index contributed by atoms with van der Waals surface area (Å²) < 4.78 is 13.9. The Balaban J connectivity index is 1.52. The lowest BCUT2D eigenvalue weighted by molar-refractivity contribution is -0.138. The van der Waals surface area contributed by atoms with Crippen LogP contribution in [-0.4, -0.2) is 41.2 Å². The minimum atomic E-state index is -1.27. The average molecular weight is 419 g/mol. The molecule has 0 saturated carbocycles. The minimum absolute atomic E-state index is 0.0388. The second-order valence-corrected chi connectivity index (χ2v) is 7.85. The first kappa shape index (κ1) is 20.5. The lowest BCUT2D eigenvalue weighted by Gasteiger charge is -2.23. The van der Waals surface area contributed by atoms with Crippen LogP contribution in [0.3, 0.4) is 0 Å². The number of likely N-dealkylation sites (N-methyl/N-ethyl adjacent to an activating group) is 1. The van der Waals surface area contributed by atoms with Crippen molar-refractivity contribution in [3.05, 3.63) is 83.7 Å².